The summed E-state index contributed by atoms with van der Waals surface area (Å²) in [7, 11) is 0. The first-order chi connectivity index (χ1) is 8.66. The van der Waals surface area contributed by atoms with Gasteiger partial charge in [0.15, 0.2) is 0 Å². The first-order valence-corrected chi connectivity index (χ1v) is 6.35. The topological polar surface area (TPSA) is 9.23 Å². The van der Waals surface area contributed by atoms with Gasteiger partial charge < -0.3 is 4.74 Å². The first-order valence-electron chi connectivity index (χ1n) is 6.35. The molecule has 0 aliphatic heterocycles. The van der Waals surface area contributed by atoms with Gasteiger partial charge in [-0.3, -0.25) is 0 Å². The largest absolute Gasteiger partial charge is 0.372 e. The summed E-state index contributed by atoms with van der Waals surface area (Å²) in [6.07, 6.45) is 0. The van der Waals surface area contributed by atoms with E-state index in [9.17, 15) is 0 Å². The molecule has 0 saturated heterocycles. The minimum atomic E-state index is 0.676. The molecule has 1 heteroatoms. The van der Waals surface area contributed by atoms with Crippen molar-refractivity contribution in [3.05, 3.63) is 59.2 Å². The third kappa shape index (κ3) is 3.21. The highest BCUT2D eigenvalue weighted by Crippen LogP contribution is 2.16. The summed E-state index contributed by atoms with van der Waals surface area (Å²) in [5.41, 5.74) is 3.89. The van der Waals surface area contributed by atoms with Crippen molar-refractivity contribution in [1.82, 2.24) is 0 Å². The third-order valence-electron chi connectivity index (χ3n) is 3.25. The van der Waals surface area contributed by atoms with Crippen molar-refractivity contribution in [2.24, 2.45) is 0 Å². The summed E-state index contributed by atoms with van der Waals surface area (Å²) in [6.45, 7) is 7.75. The Balaban J connectivity index is 2.02. The summed E-state index contributed by atoms with van der Waals surface area (Å²) in [4.78, 5) is 0. The number of ether oxygens (including phenoxy) is 1. The molecule has 0 N–H and O–H groups in total. The van der Waals surface area contributed by atoms with Gasteiger partial charge in [0.25, 0.3) is 0 Å². The molecule has 2 aromatic rings. The van der Waals surface area contributed by atoms with E-state index in [0.717, 1.165) is 6.61 Å². The molecule has 94 valence electrons. The van der Waals surface area contributed by atoms with Crippen molar-refractivity contribution in [2.75, 3.05) is 6.61 Å². The molecule has 0 aromatic heterocycles. The fourth-order valence-electron chi connectivity index (χ4n) is 1.79. The number of allylic oxidation sites excluding steroid dienone is 1. The minimum Gasteiger partial charge on any atom is -0.372 e. The maximum Gasteiger partial charge on any atom is 0.0721 e. The van der Waals surface area contributed by atoms with Crippen LogP contribution in [0.5, 0.6) is 0 Å². The van der Waals surface area contributed by atoms with E-state index in [2.05, 4.69) is 63.2 Å². The smallest absolute Gasteiger partial charge is 0.0721 e. The van der Waals surface area contributed by atoms with Gasteiger partial charge in [0.2, 0.25) is 0 Å². The van der Waals surface area contributed by atoms with E-state index in [-0.39, 0.29) is 0 Å². The molecule has 0 atom stereocenters. The van der Waals surface area contributed by atoms with Crippen molar-refractivity contribution >= 4 is 10.8 Å². The van der Waals surface area contributed by atoms with Crippen LogP contribution >= 0.6 is 0 Å². The lowest BCUT2D eigenvalue weighted by atomic mass is 10.1. The van der Waals surface area contributed by atoms with Gasteiger partial charge in [-0.25, -0.2) is 0 Å². The van der Waals surface area contributed by atoms with Crippen LogP contribution in [0.2, 0.25) is 0 Å². The average Bonchev–Trinajstić information content (AvgIpc) is 2.38. The van der Waals surface area contributed by atoms with Gasteiger partial charge in [0.1, 0.15) is 0 Å². The Morgan fingerprint density at radius 3 is 2.39 bits per heavy atom. The maximum atomic E-state index is 5.73. The second kappa shape index (κ2) is 5.83. The molecule has 0 bridgehead atoms. The zero-order valence-electron chi connectivity index (χ0n) is 11.4. The van der Waals surface area contributed by atoms with E-state index in [1.54, 1.807) is 0 Å². The zero-order chi connectivity index (χ0) is 13.0. The second-order valence-corrected chi connectivity index (χ2v) is 4.95. The van der Waals surface area contributed by atoms with Gasteiger partial charge in [0.05, 0.1) is 13.2 Å². The fourth-order valence-corrected chi connectivity index (χ4v) is 1.79. The average molecular weight is 240 g/mol. The molecule has 0 spiro atoms. The van der Waals surface area contributed by atoms with Crippen LogP contribution in [-0.2, 0) is 11.3 Å². The Bertz CT molecular complexity index is 563. The molecule has 0 saturated carbocycles. The Kier molecular flexibility index (Phi) is 4.16. The predicted molar refractivity (Wildman–Crippen MR) is 77.7 cm³/mol. The second-order valence-electron chi connectivity index (χ2n) is 4.95. The summed E-state index contributed by atoms with van der Waals surface area (Å²) >= 11 is 0. The minimum absolute atomic E-state index is 0.676. The predicted octanol–water partition coefficient (Wildman–Crippen LogP) is 4.71. The van der Waals surface area contributed by atoms with Crippen LogP contribution < -0.4 is 0 Å². The lowest BCUT2D eigenvalue weighted by Gasteiger charge is -2.07. The highest BCUT2D eigenvalue weighted by Gasteiger charge is 1.98. The summed E-state index contributed by atoms with van der Waals surface area (Å²) in [5.74, 6) is 0. The van der Waals surface area contributed by atoms with Gasteiger partial charge in [-0.15, -0.1) is 0 Å². The number of rotatable bonds is 4. The van der Waals surface area contributed by atoms with Gasteiger partial charge in [-0.05, 0) is 48.7 Å². The summed E-state index contributed by atoms with van der Waals surface area (Å²) in [5, 5.41) is 2.55. The van der Waals surface area contributed by atoms with Gasteiger partial charge in [-0.1, -0.05) is 42.0 Å². The number of fused-ring (bicyclic) bond motifs is 1. The standard InChI is InChI=1S/C17H20O/c1-13(2)14(3)11-18-12-15-8-9-16-6-4-5-7-17(16)10-15/h4-10H,11-12H2,1-3H3. The Morgan fingerprint density at radius 2 is 1.67 bits per heavy atom. The van der Waals surface area contributed by atoms with Crippen LogP contribution in [0.15, 0.2) is 53.6 Å². The van der Waals surface area contributed by atoms with E-state index >= 15 is 0 Å². The Hall–Kier alpha value is -1.60. The van der Waals surface area contributed by atoms with Crippen LogP contribution in [0.25, 0.3) is 10.8 Å². The first kappa shape index (κ1) is 12.8. The Morgan fingerprint density at radius 1 is 0.944 bits per heavy atom. The summed E-state index contributed by atoms with van der Waals surface area (Å²) < 4.78 is 5.73. The van der Waals surface area contributed by atoms with Crippen molar-refractivity contribution in [3.8, 4) is 0 Å². The molecule has 18 heavy (non-hydrogen) atoms. The molecule has 0 radical (unpaired) electrons. The van der Waals surface area contributed by atoms with E-state index in [0.29, 0.717) is 6.61 Å². The molecule has 0 heterocycles. The Labute approximate surface area is 109 Å². The third-order valence-corrected chi connectivity index (χ3v) is 3.25. The van der Waals surface area contributed by atoms with Crippen molar-refractivity contribution in [3.63, 3.8) is 0 Å². The highest BCUT2D eigenvalue weighted by atomic mass is 16.5. The molecule has 0 fully saturated rings. The molecule has 2 aromatic carbocycles. The molecule has 0 amide bonds. The molecule has 0 unspecified atom stereocenters. The van der Waals surface area contributed by atoms with E-state index in [1.165, 1.54) is 27.5 Å². The highest BCUT2D eigenvalue weighted by molar-refractivity contribution is 5.82. The van der Waals surface area contributed by atoms with Crippen LogP contribution in [0, 0.1) is 0 Å². The maximum absolute atomic E-state index is 5.73. The number of benzene rings is 2. The lowest BCUT2D eigenvalue weighted by molar-refractivity contribution is 0.142. The number of hydrogen-bond donors (Lipinski definition) is 0. The van der Waals surface area contributed by atoms with Gasteiger partial charge >= 0.3 is 0 Å². The molecule has 0 aliphatic carbocycles. The molecular weight excluding hydrogens is 220 g/mol. The lowest BCUT2D eigenvalue weighted by Crippen LogP contribution is -1.98. The zero-order valence-corrected chi connectivity index (χ0v) is 11.4. The monoisotopic (exact) mass is 240 g/mol. The fraction of sp³-hybridized carbons (Fsp3) is 0.294. The van der Waals surface area contributed by atoms with Crippen LogP contribution in [0.4, 0.5) is 0 Å². The van der Waals surface area contributed by atoms with Crippen molar-refractivity contribution < 1.29 is 4.74 Å². The number of hydrogen-bond acceptors (Lipinski definition) is 1. The molecule has 1 nitrogen and oxygen atoms in total. The van der Waals surface area contributed by atoms with Gasteiger partial charge in [0, 0.05) is 0 Å². The van der Waals surface area contributed by atoms with E-state index in [4.69, 9.17) is 4.74 Å². The van der Waals surface area contributed by atoms with E-state index in [1.807, 2.05) is 0 Å². The van der Waals surface area contributed by atoms with Crippen LogP contribution in [-0.4, -0.2) is 6.61 Å². The van der Waals surface area contributed by atoms with Crippen LogP contribution in [0.1, 0.15) is 26.3 Å². The van der Waals surface area contributed by atoms with Crippen LogP contribution in [0.3, 0.4) is 0 Å². The van der Waals surface area contributed by atoms with Crippen molar-refractivity contribution in [1.29, 1.82) is 0 Å². The summed E-state index contributed by atoms with van der Waals surface area (Å²) in [6, 6.07) is 14.9. The van der Waals surface area contributed by atoms with Gasteiger partial charge in [-0.2, -0.15) is 0 Å². The normalized spacial score (nSPS) is 10.6. The SMILES string of the molecule is CC(C)=C(C)COCc1ccc2ccccc2c1. The van der Waals surface area contributed by atoms with E-state index < -0.39 is 0 Å². The molecule has 0 aliphatic rings. The van der Waals surface area contributed by atoms with Crippen molar-refractivity contribution in [2.45, 2.75) is 27.4 Å². The molecular formula is C17H20O. The quantitative estimate of drug-likeness (QED) is 0.703. The molecule has 2 rings (SSSR count).